The number of nitrogens with two attached hydrogens (primary N) is 1. The highest BCUT2D eigenvalue weighted by atomic mass is 79.9. The third kappa shape index (κ3) is 4.00. The fourth-order valence-electron chi connectivity index (χ4n) is 1.06. The first-order valence-corrected chi connectivity index (χ1v) is 6.07. The highest BCUT2D eigenvalue weighted by Crippen LogP contribution is 2.25. The molecule has 0 heterocycles. The molecule has 1 aromatic rings. The molecule has 1 rings (SSSR count). The number of aliphatic imine (C=N–C) groups is 1. The van der Waals surface area contributed by atoms with Crippen molar-refractivity contribution >= 4 is 39.2 Å². The number of hydrazine groups is 1. The minimum atomic E-state index is 0.528. The molecule has 0 amide bonds. The summed E-state index contributed by atoms with van der Waals surface area (Å²) in [7, 11) is 0. The number of rotatable bonds is 3. The Hall–Kier alpha value is -0.780. The Morgan fingerprint density at radius 3 is 2.88 bits per heavy atom. The van der Waals surface area contributed by atoms with Gasteiger partial charge in [0.2, 0.25) is 5.96 Å². The van der Waals surface area contributed by atoms with Gasteiger partial charge in [-0.2, -0.15) is 0 Å². The summed E-state index contributed by atoms with van der Waals surface area (Å²) in [6, 6.07) is 5.54. The Balaban J connectivity index is 2.74. The van der Waals surface area contributed by atoms with Gasteiger partial charge in [0, 0.05) is 16.7 Å². The molecule has 0 aliphatic carbocycles. The van der Waals surface area contributed by atoms with E-state index in [0.29, 0.717) is 11.0 Å². The van der Waals surface area contributed by atoms with E-state index in [0.717, 1.165) is 23.1 Å². The average Bonchev–Trinajstić information content (AvgIpc) is 2.29. The van der Waals surface area contributed by atoms with Crippen LogP contribution in [-0.2, 0) is 0 Å². The third-order valence-electron chi connectivity index (χ3n) is 1.81. The van der Waals surface area contributed by atoms with Gasteiger partial charge in [0.15, 0.2) is 0 Å². The lowest BCUT2D eigenvalue weighted by atomic mass is 10.3. The molecule has 4 N–H and O–H groups in total. The van der Waals surface area contributed by atoms with Gasteiger partial charge in [-0.3, -0.25) is 10.4 Å². The molecule has 0 saturated carbocycles. The Labute approximate surface area is 108 Å². The summed E-state index contributed by atoms with van der Waals surface area (Å²) in [5, 5.41) is 3.68. The van der Waals surface area contributed by atoms with Crippen molar-refractivity contribution in [2.45, 2.75) is 13.3 Å². The SMILES string of the molecule is CCCN=C(NN)Nc1ccc(Br)c(Cl)c1. The van der Waals surface area contributed by atoms with Crippen molar-refractivity contribution in [2.75, 3.05) is 11.9 Å². The van der Waals surface area contributed by atoms with Crippen molar-refractivity contribution in [3.63, 3.8) is 0 Å². The predicted octanol–water partition coefficient (Wildman–Crippen LogP) is 2.74. The molecule has 0 saturated heterocycles. The molecule has 88 valence electrons. The second-order valence-electron chi connectivity index (χ2n) is 3.13. The van der Waals surface area contributed by atoms with Crippen molar-refractivity contribution in [3.8, 4) is 0 Å². The lowest BCUT2D eigenvalue weighted by Gasteiger charge is -2.09. The van der Waals surface area contributed by atoms with Gasteiger partial charge in [-0.1, -0.05) is 18.5 Å². The molecule has 16 heavy (non-hydrogen) atoms. The van der Waals surface area contributed by atoms with E-state index in [9.17, 15) is 0 Å². The number of anilines is 1. The van der Waals surface area contributed by atoms with Crippen LogP contribution in [0.1, 0.15) is 13.3 Å². The Morgan fingerprint density at radius 2 is 2.31 bits per heavy atom. The standard InChI is InChI=1S/C10H14BrClN4/c1-2-5-14-10(16-13)15-7-3-4-8(11)9(12)6-7/h3-4,6H,2,5,13H2,1H3,(H2,14,15,16). The van der Waals surface area contributed by atoms with Crippen LogP contribution in [0.5, 0.6) is 0 Å². The summed E-state index contributed by atoms with van der Waals surface area (Å²) < 4.78 is 0.854. The summed E-state index contributed by atoms with van der Waals surface area (Å²) in [6.45, 7) is 2.77. The highest BCUT2D eigenvalue weighted by molar-refractivity contribution is 9.10. The van der Waals surface area contributed by atoms with E-state index in [4.69, 9.17) is 17.4 Å². The maximum atomic E-state index is 5.97. The van der Waals surface area contributed by atoms with Crippen LogP contribution in [-0.4, -0.2) is 12.5 Å². The van der Waals surface area contributed by atoms with E-state index in [1.165, 1.54) is 0 Å². The molecule has 0 aromatic heterocycles. The first kappa shape index (κ1) is 13.3. The second kappa shape index (κ2) is 6.73. The molecule has 1 aromatic carbocycles. The third-order valence-corrected chi connectivity index (χ3v) is 3.05. The quantitative estimate of drug-likeness (QED) is 0.348. The Kier molecular flexibility index (Phi) is 5.59. The fraction of sp³-hybridized carbons (Fsp3) is 0.300. The van der Waals surface area contributed by atoms with Gasteiger partial charge in [0.1, 0.15) is 0 Å². The molecule has 6 heteroatoms. The molecular formula is C10H14BrClN4. The van der Waals surface area contributed by atoms with E-state index in [-0.39, 0.29) is 0 Å². The van der Waals surface area contributed by atoms with Crippen LogP contribution in [0.3, 0.4) is 0 Å². The highest BCUT2D eigenvalue weighted by Gasteiger charge is 2.01. The first-order chi connectivity index (χ1) is 7.67. The van der Waals surface area contributed by atoms with Crippen molar-refractivity contribution in [2.24, 2.45) is 10.8 Å². The largest absolute Gasteiger partial charge is 0.325 e. The van der Waals surface area contributed by atoms with Gasteiger partial charge in [0.05, 0.1) is 5.02 Å². The summed E-state index contributed by atoms with van der Waals surface area (Å²) >= 11 is 9.29. The van der Waals surface area contributed by atoms with Crippen LogP contribution in [0.2, 0.25) is 5.02 Å². The van der Waals surface area contributed by atoms with Gasteiger partial charge in [-0.15, -0.1) is 0 Å². The molecule has 0 atom stereocenters. The zero-order valence-corrected chi connectivity index (χ0v) is 11.3. The molecule has 0 bridgehead atoms. The number of hydrogen-bond donors (Lipinski definition) is 3. The summed E-state index contributed by atoms with van der Waals surface area (Å²) in [6.07, 6.45) is 0.966. The Bertz CT molecular complexity index is 381. The topological polar surface area (TPSA) is 62.4 Å². The maximum absolute atomic E-state index is 5.97. The van der Waals surface area contributed by atoms with Crippen LogP contribution in [0.4, 0.5) is 5.69 Å². The molecule has 0 aliphatic rings. The maximum Gasteiger partial charge on any atom is 0.210 e. The number of nitrogens with zero attached hydrogens (tertiary/aromatic N) is 1. The van der Waals surface area contributed by atoms with Gasteiger partial charge in [-0.25, -0.2) is 5.84 Å². The van der Waals surface area contributed by atoms with E-state index in [1.807, 2.05) is 19.1 Å². The molecule has 4 nitrogen and oxygen atoms in total. The van der Waals surface area contributed by atoms with Crippen LogP contribution < -0.4 is 16.6 Å². The number of hydrogen-bond acceptors (Lipinski definition) is 2. The molecule has 0 radical (unpaired) electrons. The van der Waals surface area contributed by atoms with Crippen LogP contribution in [0.15, 0.2) is 27.7 Å². The van der Waals surface area contributed by atoms with Gasteiger partial charge in [0.25, 0.3) is 0 Å². The molecule has 0 spiro atoms. The van der Waals surface area contributed by atoms with Crippen LogP contribution in [0.25, 0.3) is 0 Å². The number of halogens is 2. The minimum Gasteiger partial charge on any atom is -0.325 e. The van der Waals surface area contributed by atoms with E-state index in [1.54, 1.807) is 6.07 Å². The van der Waals surface area contributed by atoms with Gasteiger partial charge in [-0.05, 0) is 40.5 Å². The summed E-state index contributed by atoms with van der Waals surface area (Å²) in [5.74, 6) is 5.87. The smallest absolute Gasteiger partial charge is 0.210 e. The lowest BCUT2D eigenvalue weighted by molar-refractivity contribution is 0.905. The van der Waals surface area contributed by atoms with Crippen molar-refractivity contribution in [1.82, 2.24) is 5.43 Å². The molecule has 0 fully saturated rings. The van der Waals surface area contributed by atoms with Gasteiger partial charge < -0.3 is 5.32 Å². The molecule has 0 aliphatic heterocycles. The Morgan fingerprint density at radius 1 is 1.56 bits per heavy atom. The van der Waals surface area contributed by atoms with Crippen LogP contribution in [0, 0.1) is 0 Å². The zero-order chi connectivity index (χ0) is 12.0. The first-order valence-electron chi connectivity index (χ1n) is 4.90. The average molecular weight is 306 g/mol. The van der Waals surface area contributed by atoms with Gasteiger partial charge >= 0.3 is 0 Å². The van der Waals surface area contributed by atoms with E-state index in [2.05, 4.69) is 31.7 Å². The fourth-order valence-corrected chi connectivity index (χ4v) is 1.48. The second-order valence-corrected chi connectivity index (χ2v) is 4.39. The monoisotopic (exact) mass is 304 g/mol. The number of benzene rings is 1. The zero-order valence-electron chi connectivity index (χ0n) is 8.93. The lowest BCUT2D eigenvalue weighted by Crippen LogP contribution is -2.36. The van der Waals surface area contributed by atoms with Crippen LogP contribution >= 0.6 is 27.5 Å². The normalized spacial score (nSPS) is 11.4. The van der Waals surface area contributed by atoms with E-state index < -0.39 is 0 Å². The van der Waals surface area contributed by atoms with Crippen molar-refractivity contribution < 1.29 is 0 Å². The van der Waals surface area contributed by atoms with Crippen molar-refractivity contribution in [1.29, 1.82) is 0 Å². The number of nitrogens with one attached hydrogen (secondary N) is 2. The summed E-state index contributed by atoms with van der Waals surface area (Å²) in [5.41, 5.74) is 3.34. The minimum absolute atomic E-state index is 0.528. The molecule has 0 unspecified atom stereocenters. The van der Waals surface area contributed by atoms with Crippen molar-refractivity contribution in [3.05, 3.63) is 27.7 Å². The number of guanidine groups is 1. The molecular weight excluding hydrogens is 291 g/mol. The van der Waals surface area contributed by atoms with E-state index >= 15 is 0 Å². The predicted molar refractivity (Wildman–Crippen MR) is 72.7 cm³/mol. The summed E-state index contributed by atoms with van der Waals surface area (Å²) in [4.78, 5) is 4.22.